The molecule has 4 amide bonds. The normalized spacial score (nSPS) is 11.7. The topological polar surface area (TPSA) is 181 Å². The monoisotopic (exact) mass is 714 g/mol. The molecule has 2 rings (SSSR count). The number of ether oxygens (including phenoxy) is 4. The number of nitrogens with two attached hydrogens (primary N) is 1. The van der Waals surface area contributed by atoms with Crippen molar-refractivity contribution < 1.29 is 43.0 Å². The van der Waals surface area contributed by atoms with Gasteiger partial charge in [-0.15, -0.1) is 0 Å². The summed E-state index contributed by atoms with van der Waals surface area (Å²) in [5, 5.41) is 11.1. The minimum atomic E-state index is -1.05. The van der Waals surface area contributed by atoms with E-state index in [1.165, 1.54) is 18.2 Å². The van der Waals surface area contributed by atoms with Crippen LogP contribution in [0.15, 0.2) is 36.4 Å². The third kappa shape index (κ3) is 14.2. The zero-order chi connectivity index (χ0) is 37.6. The van der Waals surface area contributed by atoms with Crippen molar-refractivity contribution in [2.24, 2.45) is 0 Å². The highest BCUT2D eigenvalue weighted by atomic mass is 35.5. The van der Waals surface area contributed by atoms with Crippen molar-refractivity contribution in [1.82, 2.24) is 0 Å². The number of carbonyl (C=O) groups is 4. The first kappa shape index (κ1) is 41.7. The van der Waals surface area contributed by atoms with Gasteiger partial charge in [-0.3, -0.25) is 10.1 Å². The van der Waals surface area contributed by atoms with Crippen LogP contribution in [-0.2, 0) is 18.9 Å². The fourth-order valence-corrected chi connectivity index (χ4v) is 3.66. The van der Waals surface area contributed by atoms with E-state index < -0.39 is 51.7 Å². The Balaban J connectivity index is 0.000000482. The Bertz CT molecular complexity index is 1460. The first-order valence-electron chi connectivity index (χ1n) is 14.5. The smallest absolute Gasteiger partial charge is 0.424 e. The lowest BCUT2D eigenvalue weighted by atomic mass is 10.2. The van der Waals surface area contributed by atoms with Gasteiger partial charge < -0.3 is 24.7 Å². The van der Waals surface area contributed by atoms with E-state index in [0.717, 1.165) is 17.0 Å². The van der Waals surface area contributed by atoms with E-state index in [4.69, 9.17) is 47.9 Å². The number of nitro benzene ring substituents is 1. The molecule has 0 radical (unpaired) electrons. The van der Waals surface area contributed by atoms with Crippen LogP contribution in [0.4, 0.5) is 41.9 Å². The number of amides is 4. The molecule has 266 valence electrons. The van der Waals surface area contributed by atoms with Crippen molar-refractivity contribution >= 4 is 70.3 Å². The SMILES string of the molecule is CC(C)(C)OC(=O)N(C(=O)OC(C)(C)C)c1cc(N)ccc1Cl.CC(C)(C)OC(=O)N(C(=O)OC(C)(C)C)c1cc([N+](=O)[O-])ccc1Cl. The van der Waals surface area contributed by atoms with Crippen LogP contribution in [-0.4, -0.2) is 51.7 Å². The van der Waals surface area contributed by atoms with Crippen LogP contribution in [0.1, 0.15) is 83.1 Å². The number of imide groups is 2. The fraction of sp³-hybridized carbons (Fsp3) is 0.500. The Kier molecular flexibility index (Phi) is 13.7. The molecule has 0 saturated heterocycles. The lowest BCUT2D eigenvalue weighted by Gasteiger charge is -2.29. The Morgan fingerprint density at radius 2 is 0.896 bits per heavy atom. The second-order valence-electron chi connectivity index (χ2n) is 14.2. The maximum absolute atomic E-state index is 12.5. The van der Waals surface area contributed by atoms with Gasteiger partial charge in [0, 0.05) is 17.8 Å². The maximum Gasteiger partial charge on any atom is 0.424 e. The Morgan fingerprint density at radius 1 is 0.604 bits per heavy atom. The van der Waals surface area contributed by atoms with Crippen molar-refractivity contribution in [3.05, 3.63) is 56.6 Å². The summed E-state index contributed by atoms with van der Waals surface area (Å²) < 4.78 is 20.9. The zero-order valence-corrected chi connectivity index (χ0v) is 30.7. The minimum absolute atomic E-state index is 0.0395. The van der Waals surface area contributed by atoms with Crippen molar-refractivity contribution in [3.63, 3.8) is 0 Å². The van der Waals surface area contributed by atoms with Crippen LogP contribution < -0.4 is 15.5 Å². The van der Waals surface area contributed by atoms with Gasteiger partial charge in [0.15, 0.2) is 0 Å². The molecule has 48 heavy (non-hydrogen) atoms. The summed E-state index contributed by atoms with van der Waals surface area (Å²) >= 11 is 12.2. The molecule has 0 heterocycles. The van der Waals surface area contributed by atoms with Crippen LogP contribution in [0.2, 0.25) is 10.0 Å². The summed E-state index contributed by atoms with van der Waals surface area (Å²) in [5.74, 6) is 0. The number of anilines is 3. The van der Waals surface area contributed by atoms with Gasteiger partial charge in [0.25, 0.3) is 5.69 Å². The number of nitrogens with zero attached hydrogens (tertiary/aromatic N) is 3. The van der Waals surface area contributed by atoms with Crippen molar-refractivity contribution in [2.45, 2.75) is 105 Å². The van der Waals surface area contributed by atoms with Crippen LogP contribution in [0.5, 0.6) is 0 Å². The summed E-state index contributed by atoms with van der Waals surface area (Å²) in [6.45, 7) is 19.9. The molecule has 0 aromatic heterocycles. The predicted octanol–water partition coefficient (Wildman–Crippen LogP) is 9.52. The van der Waals surface area contributed by atoms with Gasteiger partial charge in [0.1, 0.15) is 22.4 Å². The van der Waals surface area contributed by atoms with E-state index >= 15 is 0 Å². The van der Waals surface area contributed by atoms with Gasteiger partial charge in [0.05, 0.1) is 26.3 Å². The van der Waals surface area contributed by atoms with E-state index in [1.54, 1.807) is 89.2 Å². The van der Waals surface area contributed by atoms with Gasteiger partial charge in [-0.1, -0.05) is 23.2 Å². The number of benzene rings is 2. The standard InChI is InChI=1S/C16H21ClN2O6.C16H23ClN2O4/c1-15(2,3)24-13(20)18(14(21)25-16(4,5)6)12-9-10(19(22)23)7-8-11(12)17;1-15(2,3)22-13(20)19(14(21)23-16(4,5)6)12-9-10(18)7-8-11(12)17/h7-9H,1-6H3;7-9H,18H2,1-6H3. The number of hydrogen-bond acceptors (Lipinski definition) is 11. The molecule has 0 unspecified atom stereocenters. The van der Waals surface area contributed by atoms with Gasteiger partial charge >= 0.3 is 24.4 Å². The molecule has 2 aromatic carbocycles. The van der Waals surface area contributed by atoms with Crippen LogP contribution in [0.25, 0.3) is 0 Å². The van der Waals surface area contributed by atoms with E-state index in [1.807, 2.05) is 0 Å². The van der Waals surface area contributed by atoms with E-state index in [-0.39, 0.29) is 27.1 Å². The van der Waals surface area contributed by atoms with Gasteiger partial charge in [-0.05, 0) is 107 Å². The summed E-state index contributed by atoms with van der Waals surface area (Å²) in [6.07, 6.45) is -3.88. The molecule has 0 bridgehead atoms. The predicted molar refractivity (Wildman–Crippen MR) is 184 cm³/mol. The quantitative estimate of drug-likeness (QED) is 0.138. The van der Waals surface area contributed by atoms with Crippen molar-refractivity contribution in [1.29, 1.82) is 0 Å². The first-order valence-corrected chi connectivity index (χ1v) is 15.3. The number of halogens is 2. The van der Waals surface area contributed by atoms with Gasteiger partial charge in [-0.25, -0.2) is 19.2 Å². The third-order valence-corrected chi connectivity index (χ3v) is 5.54. The second kappa shape index (κ2) is 15.7. The average Bonchev–Trinajstić information content (AvgIpc) is 2.83. The summed E-state index contributed by atoms with van der Waals surface area (Å²) in [4.78, 5) is 61.5. The highest BCUT2D eigenvalue weighted by Crippen LogP contribution is 2.33. The van der Waals surface area contributed by atoms with E-state index in [0.29, 0.717) is 10.6 Å². The number of nitrogen functional groups attached to an aromatic ring is 1. The Morgan fingerprint density at radius 3 is 1.19 bits per heavy atom. The van der Waals surface area contributed by atoms with Gasteiger partial charge in [-0.2, -0.15) is 9.80 Å². The molecule has 0 spiro atoms. The van der Waals surface area contributed by atoms with Gasteiger partial charge in [0.2, 0.25) is 0 Å². The number of hydrogen-bond donors (Lipinski definition) is 1. The molecular weight excluding hydrogens is 671 g/mol. The molecule has 14 nitrogen and oxygen atoms in total. The van der Waals surface area contributed by atoms with E-state index in [2.05, 4.69) is 0 Å². The molecular formula is C32H44Cl2N4O10. The first-order chi connectivity index (χ1) is 21.5. The Hall–Kier alpha value is -4.30. The third-order valence-electron chi connectivity index (χ3n) is 4.90. The zero-order valence-electron chi connectivity index (χ0n) is 29.2. The summed E-state index contributed by atoms with van der Waals surface area (Å²) in [5.41, 5.74) is 2.28. The minimum Gasteiger partial charge on any atom is -0.443 e. The largest absolute Gasteiger partial charge is 0.443 e. The van der Waals surface area contributed by atoms with Crippen molar-refractivity contribution in [3.8, 4) is 0 Å². The number of nitro groups is 1. The molecule has 0 aliphatic carbocycles. The molecule has 0 aliphatic heterocycles. The van der Waals surface area contributed by atoms with Crippen LogP contribution in [0, 0.1) is 10.1 Å². The number of rotatable bonds is 3. The molecule has 0 aliphatic rings. The highest BCUT2D eigenvalue weighted by molar-refractivity contribution is 6.35. The fourth-order valence-electron chi connectivity index (χ4n) is 3.26. The van der Waals surface area contributed by atoms with E-state index in [9.17, 15) is 29.3 Å². The maximum atomic E-state index is 12.5. The molecule has 0 fully saturated rings. The lowest BCUT2D eigenvalue weighted by Crippen LogP contribution is -2.44. The highest BCUT2D eigenvalue weighted by Gasteiger charge is 2.36. The number of carbonyl (C=O) groups excluding carboxylic acids is 4. The molecule has 16 heteroatoms. The molecule has 0 atom stereocenters. The molecule has 2 aromatic rings. The van der Waals surface area contributed by atoms with Crippen LogP contribution in [0.3, 0.4) is 0 Å². The summed E-state index contributed by atoms with van der Waals surface area (Å²) in [7, 11) is 0. The Labute approximate surface area is 290 Å². The lowest BCUT2D eigenvalue weighted by molar-refractivity contribution is -0.384. The second-order valence-corrected chi connectivity index (χ2v) is 15.0. The van der Waals surface area contributed by atoms with Crippen LogP contribution >= 0.6 is 23.2 Å². The molecule has 0 saturated carbocycles. The number of non-ortho nitro benzene ring substituents is 1. The summed E-state index contributed by atoms with van der Waals surface area (Å²) in [6, 6.07) is 7.86. The van der Waals surface area contributed by atoms with Crippen molar-refractivity contribution in [2.75, 3.05) is 15.5 Å². The average molecular weight is 716 g/mol. The molecule has 2 N–H and O–H groups in total.